The summed E-state index contributed by atoms with van der Waals surface area (Å²) in [5.74, 6) is -0.216. The second-order valence-corrected chi connectivity index (χ2v) is 6.58. The molecule has 0 atom stereocenters. The monoisotopic (exact) mass is 393 g/mol. The number of hydrogen-bond acceptors (Lipinski definition) is 5. The molecule has 0 unspecified atom stereocenters. The number of aryl methyl sites for hydroxylation is 1. The smallest absolute Gasteiger partial charge is 0.255 e. The Morgan fingerprint density at radius 1 is 1.07 bits per heavy atom. The minimum absolute atomic E-state index is 0.216. The zero-order chi connectivity index (χ0) is 19.7. The maximum absolute atomic E-state index is 12.6. The number of benzene rings is 2. The molecule has 1 N–H and O–H groups in total. The van der Waals surface area contributed by atoms with Crippen LogP contribution in [0.3, 0.4) is 0 Å². The van der Waals surface area contributed by atoms with E-state index in [9.17, 15) is 4.79 Å². The Labute approximate surface area is 165 Å². The first-order valence-corrected chi connectivity index (χ1v) is 8.87. The van der Waals surface area contributed by atoms with Crippen LogP contribution in [0.4, 0.5) is 5.69 Å². The minimum atomic E-state index is -0.216. The zero-order valence-corrected chi connectivity index (χ0v) is 15.9. The van der Waals surface area contributed by atoms with E-state index in [1.165, 1.54) is 11.0 Å². The van der Waals surface area contributed by atoms with Gasteiger partial charge in [0.15, 0.2) is 0 Å². The second kappa shape index (κ2) is 7.24. The SMILES string of the molecule is Cc1nn(-c2ccc(C(=O)Nc3cccc(-n4cnnn4)c3)cc2)c(C)c1Cl. The number of anilines is 1. The number of amides is 1. The highest BCUT2D eigenvalue weighted by Gasteiger charge is 2.12. The van der Waals surface area contributed by atoms with Crippen molar-refractivity contribution in [2.45, 2.75) is 13.8 Å². The van der Waals surface area contributed by atoms with Crippen molar-refractivity contribution >= 4 is 23.2 Å². The zero-order valence-electron chi connectivity index (χ0n) is 15.2. The van der Waals surface area contributed by atoms with E-state index in [-0.39, 0.29) is 5.91 Å². The van der Waals surface area contributed by atoms with Crippen molar-refractivity contribution in [2.24, 2.45) is 0 Å². The van der Waals surface area contributed by atoms with E-state index < -0.39 is 0 Å². The molecule has 28 heavy (non-hydrogen) atoms. The van der Waals surface area contributed by atoms with Crippen LogP contribution in [0.5, 0.6) is 0 Å². The fourth-order valence-corrected chi connectivity index (χ4v) is 2.96. The van der Waals surface area contributed by atoms with Gasteiger partial charge in [0.2, 0.25) is 0 Å². The number of carbonyl (C=O) groups is 1. The molecule has 2 aromatic heterocycles. The molecule has 8 nitrogen and oxygen atoms in total. The molecule has 2 aromatic carbocycles. The van der Waals surface area contributed by atoms with Gasteiger partial charge in [0, 0.05) is 11.3 Å². The molecule has 4 rings (SSSR count). The van der Waals surface area contributed by atoms with Crippen LogP contribution in [0.2, 0.25) is 5.02 Å². The molecule has 0 saturated carbocycles. The van der Waals surface area contributed by atoms with Crippen molar-refractivity contribution in [2.75, 3.05) is 5.32 Å². The molecule has 1 amide bonds. The largest absolute Gasteiger partial charge is 0.322 e. The highest BCUT2D eigenvalue weighted by Crippen LogP contribution is 2.22. The first-order chi connectivity index (χ1) is 13.5. The predicted octanol–water partition coefficient (Wildman–Crippen LogP) is 3.37. The Kier molecular flexibility index (Phi) is 4.62. The van der Waals surface area contributed by atoms with E-state index in [0.29, 0.717) is 16.3 Å². The highest BCUT2D eigenvalue weighted by atomic mass is 35.5. The quantitative estimate of drug-likeness (QED) is 0.574. The number of hydrogen-bond donors (Lipinski definition) is 1. The highest BCUT2D eigenvalue weighted by molar-refractivity contribution is 6.31. The molecular weight excluding hydrogens is 378 g/mol. The van der Waals surface area contributed by atoms with E-state index in [1.807, 2.05) is 38.1 Å². The van der Waals surface area contributed by atoms with Crippen molar-refractivity contribution in [1.82, 2.24) is 30.0 Å². The van der Waals surface area contributed by atoms with Gasteiger partial charge in [-0.15, -0.1) is 5.10 Å². The third-order valence-corrected chi connectivity index (χ3v) is 4.84. The van der Waals surface area contributed by atoms with E-state index in [4.69, 9.17) is 11.6 Å². The normalized spacial score (nSPS) is 10.8. The van der Waals surface area contributed by atoms with Crippen LogP contribution in [-0.4, -0.2) is 35.9 Å². The predicted molar refractivity (Wildman–Crippen MR) is 105 cm³/mol. The summed E-state index contributed by atoms with van der Waals surface area (Å²) in [7, 11) is 0. The molecule has 0 radical (unpaired) electrons. The average molecular weight is 394 g/mol. The Morgan fingerprint density at radius 3 is 2.50 bits per heavy atom. The van der Waals surface area contributed by atoms with Gasteiger partial charge in [0.25, 0.3) is 5.91 Å². The van der Waals surface area contributed by atoms with Crippen molar-refractivity contribution < 1.29 is 4.79 Å². The van der Waals surface area contributed by atoms with E-state index in [2.05, 4.69) is 25.9 Å². The third kappa shape index (κ3) is 3.37. The summed E-state index contributed by atoms with van der Waals surface area (Å²) in [5.41, 5.74) is 4.39. The lowest BCUT2D eigenvalue weighted by Crippen LogP contribution is -2.12. The van der Waals surface area contributed by atoms with Crippen LogP contribution >= 0.6 is 11.6 Å². The molecular formula is C19H16ClN7O. The fourth-order valence-electron chi connectivity index (χ4n) is 2.84. The van der Waals surface area contributed by atoms with Crippen LogP contribution in [0.15, 0.2) is 54.9 Å². The van der Waals surface area contributed by atoms with Crippen molar-refractivity contribution in [3.8, 4) is 11.4 Å². The Morgan fingerprint density at radius 2 is 1.86 bits per heavy atom. The summed E-state index contributed by atoms with van der Waals surface area (Å²) >= 11 is 6.21. The average Bonchev–Trinajstić information content (AvgIpc) is 3.33. The number of halogens is 1. The molecule has 4 aromatic rings. The Balaban J connectivity index is 1.53. The summed E-state index contributed by atoms with van der Waals surface area (Å²) in [6.07, 6.45) is 1.49. The van der Waals surface area contributed by atoms with E-state index >= 15 is 0 Å². The summed E-state index contributed by atoms with van der Waals surface area (Å²) < 4.78 is 3.28. The molecule has 0 saturated heterocycles. The maximum Gasteiger partial charge on any atom is 0.255 e. The summed E-state index contributed by atoms with van der Waals surface area (Å²) in [5, 5.41) is 19.0. The summed E-state index contributed by atoms with van der Waals surface area (Å²) in [6.45, 7) is 3.76. The van der Waals surface area contributed by atoms with Gasteiger partial charge in [0.1, 0.15) is 6.33 Å². The Hall–Kier alpha value is -3.52. The first kappa shape index (κ1) is 17.9. The lowest BCUT2D eigenvalue weighted by molar-refractivity contribution is 0.102. The fraction of sp³-hybridized carbons (Fsp3) is 0.105. The number of rotatable bonds is 4. The van der Waals surface area contributed by atoms with Gasteiger partial charge < -0.3 is 5.32 Å². The molecule has 0 fully saturated rings. The minimum Gasteiger partial charge on any atom is -0.322 e. The number of nitrogens with one attached hydrogen (secondary N) is 1. The number of aromatic nitrogens is 6. The van der Waals surface area contributed by atoms with Gasteiger partial charge in [-0.25, -0.2) is 9.36 Å². The molecule has 0 spiro atoms. The van der Waals surface area contributed by atoms with Gasteiger partial charge in [0.05, 0.1) is 27.8 Å². The lowest BCUT2D eigenvalue weighted by Gasteiger charge is -2.09. The molecule has 0 aliphatic heterocycles. The van der Waals surface area contributed by atoms with Crippen LogP contribution in [0, 0.1) is 13.8 Å². The summed E-state index contributed by atoms with van der Waals surface area (Å²) in [4.78, 5) is 12.6. The van der Waals surface area contributed by atoms with Crippen molar-refractivity contribution in [3.05, 3.63) is 76.8 Å². The first-order valence-electron chi connectivity index (χ1n) is 8.50. The number of nitrogens with zero attached hydrogens (tertiary/aromatic N) is 6. The molecule has 0 aliphatic carbocycles. The van der Waals surface area contributed by atoms with Gasteiger partial charge in [-0.05, 0) is 66.7 Å². The number of tetrazole rings is 1. The maximum atomic E-state index is 12.6. The van der Waals surface area contributed by atoms with Gasteiger partial charge in [-0.2, -0.15) is 5.10 Å². The second-order valence-electron chi connectivity index (χ2n) is 6.20. The molecule has 0 aliphatic rings. The third-order valence-electron chi connectivity index (χ3n) is 4.29. The van der Waals surface area contributed by atoms with Gasteiger partial charge >= 0.3 is 0 Å². The van der Waals surface area contributed by atoms with Gasteiger partial charge in [-0.1, -0.05) is 17.7 Å². The van der Waals surface area contributed by atoms with E-state index in [1.54, 1.807) is 28.9 Å². The van der Waals surface area contributed by atoms with Crippen LogP contribution in [0.1, 0.15) is 21.7 Å². The van der Waals surface area contributed by atoms with Crippen LogP contribution < -0.4 is 5.32 Å². The standard InChI is InChI=1S/C19H16ClN7O/c1-12-18(20)13(2)27(23-12)16-8-6-14(7-9-16)19(28)22-15-4-3-5-17(10-15)26-11-21-24-25-26/h3-11H,1-2H3,(H,22,28). The summed E-state index contributed by atoms with van der Waals surface area (Å²) in [6, 6.07) is 14.4. The van der Waals surface area contributed by atoms with Gasteiger partial charge in [-0.3, -0.25) is 4.79 Å². The molecule has 0 bridgehead atoms. The lowest BCUT2D eigenvalue weighted by atomic mass is 10.2. The molecule has 2 heterocycles. The number of carbonyl (C=O) groups excluding carboxylic acids is 1. The molecule has 9 heteroatoms. The Bertz CT molecular complexity index is 1130. The molecule has 140 valence electrons. The van der Waals surface area contributed by atoms with Crippen molar-refractivity contribution in [3.63, 3.8) is 0 Å². The van der Waals surface area contributed by atoms with Crippen LogP contribution in [-0.2, 0) is 0 Å². The van der Waals surface area contributed by atoms with Crippen molar-refractivity contribution in [1.29, 1.82) is 0 Å². The topological polar surface area (TPSA) is 90.5 Å². The van der Waals surface area contributed by atoms with Crippen LogP contribution in [0.25, 0.3) is 11.4 Å². The van der Waals surface area contributed by atoms with E-state index in [0.717, 1.165) is 22.8 Å².